The number of halogens is 1. The number of nitrogens with zero attached hydrogens (tertiary/aromatic N) is 1. The molecule has 0 aliphatic carbocycles. The molecule has 2 aromatic carbocycles. The van der Waals surface area contributed by atoms with E-state index in [0.717, 1.165) is 11.3 Å². The Balaban J connectivity index is 2.05. The lowest BCUT2D eigenvalue weighted by Gasteiger charge is -2.24. The first-order valence-corrected chi connectivity index (χ1v) is 7.01. The van der Waals surface area contributed by atoms with Crippen molar-refractivity contribution in [3.05, 3.63) is 53.8 Å². The van der Waals surface area contributed by atoms with Crippen LogP contribution in [0.1, 0.15) is 19.4 Å². The third-order valence-corrected chi connectivity index (χ3v) is 3.54. The maximum Gasteiger partial charge on any atom is 0.148 e. The molecule has 2 aromatic rings. The van der Waals surface area contributed by atoms with Crippen molar-refractivity contribution in [2.45, 2.75) is 26.4 Å². The van der Waals surface area contributed by atoms with Crippen LogP contribution in [0.4, 0.5) is 15.8 Å². The standard InChI is InChI=1S/C17H21FN2O/c1-12(2)20(3)17-9-6-14(10-16(17)18)19-11-13-4-7-15(21)8-5-13/h4-10,12,19,21H,11H2,1-3H3. The molecule has 0 unspecified atom stereocenters. The van der Waals surface area contributed by atoms with Crippen molar-refractivity contribution < 1.29 is 9.50 Å². The van der Waals surface area contributed by atoms with Gasteiger partial charge in [-0.15, -0.1) is 0 Å². The van der Waals surface area contributed by atoms with Crippen LogP contribution in [0.3, 0.4) is 0 Å². The topological polar surface area (TPSA) is 35.5 Å². The van der Waals surface area contributed by atoms with Crippen LogP contribution >= 0.6 is 0 Å². The van der Waals surface area contributed by atoms with E-state index in [9.17, 15) is 9.50 Å². The molecule has 4 heteroatoms. The smallest absolute Gasteiger partial charge is 0.148 e. The van der Waals surface area contributed by atoms with Crippen molar-refractivity contribution in [1.29, 1.82) is 0 Å². The molecule has 0 aliphatic heterocycles. The summed E-state index contributed by atoms with van der Waals surface area (Å²) in [6.07, 6.45) is 0. The lowest BCUT2D eigenvalue weighted by Crippen LogP contribution is -2.26. The van der Waals surface area contributed by atoms with Crippen LogP contribution < -0.4 is 10.2 Å². The fraction of sp³-hybridized carbons (Fsp3) is 0.294. The van der Waals surface area contributed by atoms with Gasteiger partial charge in [-0.2, -0.15) is 0 Å². The molecule has 0 aromatic heterocycles. The number of benzene rings is 2. The first-order valence-electron chi connectivity index (χ1n) is 7.01. The second-order valence-electron chi connectivity index (χ2n) is 5.39. The zero-order valence-electron chi connectivity index (χ0n) is 12.6. The molecule has 21 heavy (non-hydrogen) atoms. The van der Waals surface area contributed by atoms with Gasteiger partial charge in [0.1, 0.15) is 11.6 Å². The van der Waals surface area contributed by atoms with Gasteiger partial charge in [0, 0.05) is 25.3 Å². The third kappa shape index (κ3) is 3.88. The predicted octanol–water partition coefficient (Wildman–Crippen LogP) is 3.99. The number of phenols is 1. The average Bonchev–Trinajstić information content (AvgIpc) is 2.46. The van der Waals surface area contributed by atoms with E-state index in [-0.39, 0.29) is 17.6 Å². The van der Waals surface area contributed by atoms with E-state index in [2.05, 4.69) is 5.32 Å². The number of rotatable bonds is 5. The van der Waals surface area contributed by atoms with E-state index in [1.807, 2.05) is 44.0 Å². The molecule has 0 bridgehead atoms. The predicted molar refractivity (Wildman–Crippen MR) is 85.4 cm³/mol. The minimum atomic E-state index is -0.234. The highest BCUT2D eigenvalue weighted by atomic mass is 19.1. The van der Waals surface area contributed by atoms with Crippen LogP contribution in [-0.4, -0.2) is 18.2 Å². The fourth-order valence-electron chi connectivity index (χ4n) is 2.00. The molecule has 0 heterocycles. The van der Waals surface area contributed by atoms with E-state index < -0.39 is 0 Å². The van der Waals surface area contributed by atoms with Crippen LogP contribution in [0, 0.1) is 5.82 Å². The Morgan fingerprint density at radius 2 is 1.81 bits per heavy atom. The molecule has 0 atom stereocenters. The molecular formula is C17H21FN2O. The molecule has 0 spiro atoms. The Kier molecular flexibility index (Phi) is 4.68. The number of aromatic hydroxyl groups is 1. The summed E-state index contributed by atoms with van der Waals surface area (Å²) in [4.78, 5) is 1.90. The van der Waals surface area contributed by atoms with Gasteiger partial charge in [-0.05, 0) is 49.7 Å². The van der Waals surface area contributed by atoms with Gasteiger partial charge in [-0.25, -0.2) is 4.39 Å². The van der Waals surface area contributed by atoms with Crippen molar-refractivity contribution in [1.82, 2.24) is 0 Å². The van der Waals surface area contributed by atoms with Crippen LogP contribution in [0.5, 0.6) is 5.75 Å². The Hall–Kier alpha value is -2.23. The van der Waals surface area contributed by atoms with E-state index in [1.165, 1.54) is 6.07 Å². The lowest BCUT2D eigenvalue weighted by molar-refractivity contribution is 0.475. The quantitative estimate of drug-likeness (QED) is 0.873. The Morgan fingerprint density at radius 1 is 1.14 bits per heavy atom. The summed E-state index contributed by atoms with van der Waals surface area (Å²) in [5, 5.41) is 12.4. The van der Waals surface area contributed by atoms with Gasteiger partial charge in [0.2, 0.25) is 0 Å². The summed E-state index contributed by atoms with van der Waals surface area (Å²) in [6, 6.07) is 12.4. The van der Waals surface area contributed by atoms with Gasteiger partial charge >= 0.3 is 0 Å². The van der Waals surface area contributed by atoms with Crippen molar-refractivity contribution in [2.24, 2.45) is 0 Å². The molecule has 0 fully saturated rings. The normalized spacial score (nSPS) is 10.7. The highest BCUT2D eigenvalue weighted by molar-refractivity contribution is 5.56. The van der Waals surface area contributed by atoms with Crippen LogP contribution in [0.2, 0.25) is 0 Å². The van der Waals surface area contributed by atoms with E-state index in [0.29, 0.717) is 12.2 Å². The second-order valence-corrected chi connectivity index (χ2v) is 5.39. The number of hydrogen-bond acceptors (Lipinski definition) is 3. The second kappa shape index (κ2) is 6.48. The average molecular weight is 288 g/mol. The number of nitrogens with one attached hydrogen (secondary N) is 1. The molecule has 2 rings (SSSR count). The third-order valence-electron chi connectivity index (χ3n) is 3.54. The van der Waals surface area contributed by atoms with Crippen LogP contribution in [-0.2, 0) is 6.54 Å². The lowest BCUT2D eigenvalue weighted by atomic mass is 10.2. The number of hydrogen-bond donors (Lipinski definition) is 2. The minimum absolute atomic E-state index is 0.234. The molecule has 0 aliphatic rings. The largest absolute Gasteiger partial charge is 0.508 e. The molecule has 0 amide bonds. The zero-order valence-corrected chi connectivity index (χ0v) is 12.6. The first-order chi connectivity index (χ1) is 9.97. The number of anilines is 2. The molecule has 3 nitrogen and oxygen atoms in total. The monoisotopic (exact) mass is 288 g/mol. The summed E-state index contributed by atoms with van der Waals surface area (Å²) in [7, 11) is 1.88. The number of phenolic OH excluding ortho intramolecular Hbond substituents is 1. The first kappa shape index (κ1) is 15.2. The molecule has 0 radical (unpaired) electrons. The summed E-state index contributed by atoms with van der Waals surface area (Å²) in [6.45, 7) is 4.63. The summed E-state index contributed by atoms with van der Waals surface area (Å²) in [5.74, 6) is 0.00720. The van der Waals surface area contributed by atoms with Gasteiger partial charge in [0.05, 0.1) is 5.69 Å². The Labute approximate surface area is 125 Å². The molecular weight excluding hydrogens is 267 g/mol. The van der Waals surface area contributed by atoms with Gasteiger partial charge < -0.3 is 15.3 Å². The van der Waals surface area contributed by atoms with Gasteiger partial charge in [-0.1, -0.05) is 12.1 Å². The Bertz CT molecular complexity index is 596. The molecule has 0 saturated carbocycles. The molecule has 112 valence electrons. The van der Waals surface area contributed by atoms with Crippen molar-refractivity contribution in [3.8, 4) is 5.75 Å². The van der Waals surface area contributed by atoms with Crippen molar-refractivity contribution >= 4 is 11.4 Å². The minimum Gasteiger partial charge on any atom is -0.508 e. The molecule has 0 saturated heterocycles. The van der Waals surface area contributed by atoms with E-state index >= 15 is 0 Å². The van der Waals surface area contributed by atoms with Crippen molar-refractivity contribution in [2.75, 3.05) is 17.3 Å². The highest BCUT2D eigenvalue weighted by Crippen LogP contribution is 2.23. The van der Waals surface area contributed by atoms with E-state index in [1.54, 1.807) is 18.2 Å². The van der Waals surface area contributed by atoms with Gasteiger partial charge in [-0.3, -0.25) is 0 Å². The SMILES string of the molecule is CC(C)N(C)c1ccc(NCc2ccc(O)cc2)cc1F. The Morgan fingerprint density at radius 3 is 2.38 bits per heavy atom. The van der Waals surface area contributed by atoms with Crippen molar-refractivity contribution in [3.63, 3.8) is 0 Å². The molecule has 2 N–H and O–H groups in total. The summed E-state index contributed by atoms with van der Waals surface area (Å²) < 4.78 is 14.1. The van der Waals surface area contributed by atoms with Gasteiger partial charge in [0.25, 0.3) is 0 Å². The van der Waals surface area contributed by atoms with Crippen LogP contribution in [0.25, 0.3) is 0 Å². The van der Waals surface area contributed by atoms with Gasteiger partial charge in [0.15, 0.2) is 0 Å². The fourth-order valence-corrected chi connectivity index (χ4v) is 2.00. The highest BCUT2D eigenvalue weighted by Gasteiger charge is 2.10. The maximum absolute atomic E-state index is 14.1. The maximum atomic E-state index is 14.1. The summed E-state index contributed by atoms with van der Waals surface area (Å²) >= 11 is 0. The van der Waals surface area contributed by atoms with E-state index in [4.69, 9.17) is 0 Å². The van der Waals surface area contributed by atoms with Crippen LogP contribution in [0.15, 0.2) is 42.5 Å². The zero-order chi connectivity index (χ0) is 15.4. The summed E-state index contributed by atoms with van der Waals surface area (Å²) in [5.41, 5.74) is 2.36.